The third-order valence-corrected chi connectivity index (χ3v) is 19.6. The van der Waals surface area contributed by atoms with E-state index in [1.54, 1.807) is 0 Å². The molecule has 3 amide bonds. The number of rotatable bonds is 45. The van der Waals surface area contributed by atoms with Gasteiger partial charge in [-0.25, -0.2) is 28.8 Å². The van der Waals surface area contributed by atoms with Gasteiger partial charge in [-0.2, -0.15) is 0 Å². The molecule has 6 rings (SSSR count). The number of carbonyl (C=O) groups excluding carboxylic acids is 21. The summed E-state index contributed by atoms with van der Waals surface area (Å²) in [5, 5.41) is 7.08. The number of nitrogens with one attached hydrogen (secondary N) is 3. The maximum atomic E-state index is 12.4. The van der Waals surface area contributed by atoms with Crippen LogP contribution in [-0.4, -0.2) is 411 Å². The van der Waals surface area contributed by atoms with Crippen LogP contribution in [0.4, 0.5) is 14.4 Å². The minimum absolute atomic E-state index is 0.111. The first-order chi connectivity index (χ1) is 68.0. The van der Waals surface area contributed by atoms with E-state index in [0.29, 0.717) is 0 Å². The normalized spacial score (nSPS) is 28.1. The summed E-state index contributed by atoms with van der Waals surface area (Å²) in [4.78, 5) is 251. The Bertz CT molecular complexity index is 3950. The van der Waals surface area contributed by atoms with Crippen molar-refractivity contribution in [3.8, 4) is 0 Å². The molecular weight excluding hydrogens is 1950 g/mol. The van der Waals surface area contributed by atoms with Gasteiger partial charge in [-0.1, -0.05) is 19.7 Å². The quantitative estimate of drug-likeness (QED) is 0.0251. The van der Waals surface area contributed by atoms with Gasteiger partial charge < -0.3 is 172 Å². The molecule has 6 aliphatic heterocycles. The molecule has 0 aromatic carbocycles. The molecule has 0 bridgehead atoms. The highest BCUT2D eigenvalue weighted by Crippen LogP contribution is 2.39. The van der Waals surface area contributed by atoms with Crippen LogP contribution >= 0.6 is 0 Å². The van der Waals surface area contributed by atoms with Crippen LogP contribution in [0.15, 0.2) is 38.0 Å². The smallest absolute Gasteiger partial charge is 0.407 e. The number of ether oxygens (including phenoxy) is 33. The van der Waals surface area contributed by atoms with Gasteiger partial charge in [-0.15, -0.1) is 0 Å². The molecule has 0 saturated carbocycles. The predicted molar refractivity (Wildman–Crippen MR) is 460 cm³/mol. The highest BCUT2D eigenvalue weighted by Gasteiger charge is 2.60. The number of alkyl carbamates (subject to hydrolysis) is 3. The number of esters is 18. The van der Waals surface area contributed by atoms with Gasteiger partial charge in [0, 0.05) is 143 Å². The van der Waals surface area contributed by atoms with E-state index in [9.17, 15) is 101 Å². The minimum Gasteiger partial charge on any atom is -0.463 e. The molecule has 810 valence electrons. The summed E-state index contributed by atoms with van der Waals surface area (Å²) in [5.41, 5.74) is 0. The zero-order valence-corrected chi connectivity index (χ0v) is 82.1. The summed E-state index contributed by atoms with van der Waals surface area (Å²) in [6.07, 6.45) is -36.8. The standard InChI is InChI=1S/3C29H41NO18/c3*1-8-22(36)39-10-9-30-29(37)42-13-20-23(38-7)26(45-17(5)34)27(46-18(6)35)28(47-20)48-24-19(11-40-14(2)31)41-12-21(43-15(3)32)25(24)44-16(4)33/h3*8,19-21,23-28H,1,9-13H2,2-7H3,(H,30,37). The van der Waals surface area contributed by atoms with Crippen LogP contribution in [-0.2, 0) is 243 Å². The van der Waals surface area contributed by atoms with Crippen molar-refractivity contribution in [3.63, 3.8) is 0 Å². The van der Waals surface area contributed by atoms with E-state index in [1.165, 1.54) is 21.3 Å². The fourth-order valence-corrected chi connectivity index (χ4v) is 14.3. The van der Waals surface area contributed by atoms with E-state index in [0.717, 1.165) is 122 Å². The molecule has 3 N–H and O–H groups in total. The van der Waals surface area contributed by atoms with Crippen LogP contribution in [0.3, 0.4) is 0 Å². The van der Waals surface area contributed by atoms with Crippen LogP contribution < -0.4 is 16.0 Å². The second-order valence-corrected chi connectivity index (χ2v) is 30.9. The van der Waals surface area contributed by atoms with Crippen molar-refractivity contribution < 1.29 is 257 Å². The Labute approximate surface area is 823 Å². The Balaban J connectivity index is 0.000000450. The zero-order chi connectivity index (χ0) is 108. The van der Waals surface area contributed by atoms with Gasteiger partial charge in [-0.3, -0.25) is 71.9 Å². The fraction of sp³-hybridized carbons (Fsp3) is 0.690. The second-order valence-electron chi connectivity index (χ2n) is 30.9. The minimum atomic E-state index is -1.68. The summed E-state index contributed by atoms with van der Waals surface area (Å²) in [7, 11) is 3.71. The monoisotopic (exact) mass is 2070 g/mol. The number of amides is 3. The molecule has 6 saturated heterocycles. The van der Waals surface area contributed by atoms with E-state index in [-0.39, 0.29) is 59.3 Å². The lowest BCUT2D eigenvalue weighted by Crippen LogP contribution is -2.65. The molecule has 0 aromatic rings. The van der Waals surface area contributed by atoms with Crippen molar-refractivity contribution in [2.45, 2.75) is 269 Å². The van der Waals surface area contributed by atoms with Gasteiger partial charge in [0.25, 0.3) is 0 Å². The van der Waals surface area contributed by atoms with Crippen molar-refractivity contribution in [2.24, 2.45) is 0 Å². The number of carbonyl (C=O) groups is 21. The van der Waals surface area contributed by atoms with Crippen LogP contribution in [0.25, 0.3) is 0 Å². The summed E-state index contributed by atoms with van der Waals surface area (Å²) < 4.78 is 181. The summed E-state index contributed by atoms with van der Waals surface area (Å²) in [6.45, 7) is 21.8. The summed E-state index contributed by atoms with van der Waals surface area (Å²) in [5.74, 6) is -13.7. The maximum absolute atomic E-state index is 12.4. The highest BCUT2D eigenvalue weighted by atomic mass is 16.8. The Hall–Kier alpha value is -13.0. The molecule has 0 spiro atoms. The van der Waals surface area contributed by atoms with Gasteiger partial charge in [0.05, 0.1) is 39.5 Å². The van der Waals surface area contributed by atoms with E-state index >= 15 is 0 Å². The Morgan fingerprint density at radius 2 is 0.431 bits per heavy atom. The van der Waals surface area contributed by atoms with Crippen molar-refractivity contribution in [2.75, 3.05) is 120 Å². The first-order valence-electron chi connectivity index (χ1n) is 43.9. The molecular formula is C87H123N3O54. The summed E-state index contributed by atoms with van der Waals surface area (Å²) in [6, 6.07) is 0. The molecule has 6 fully saturated rings. The lowest BCUT2D eigenvalue weighted by molar-refractivity contribution is -0.340. The van der Waals surface area contributed by atoms with Gasteiger partial charge in [-0.05, 0) is 0 Å². The average Bonchev–Trinajstić information content (AvgIpc) is 0.777. The van der Waals surface area contributed by atoms with Gasteiger partial charge >= 0.3 is 126 Å². The first kappa shape index (κ1) is 123. The number of hydrogen-bond acceptors (Lipinski definition) is 54. The lowest BCUT2D eigenvalue weighted by atomic mass is 9.96. The molecule has 57 nitrogen and oxygen atoms in total. The van der Waals surface area contributed by atoms with E-state index < -0.39 is 331 Å². The average molecular weight is 2070 g/mol. The van der Waals surface area contributed by atoms with Crippen molar-refractivity contribution in [1.29, 1.82) is 0 Å². The highest BCUT2D eigenvalue weighted by molar-refractivity contribution is 5.82. The third kappa shape index (κ3) is 43.3. The lowest BCUT2D eigenvalue weighted by Gasteiger charge is -2.47. The largest absolute Gasteiger partial charge is 0.463 e. The fourth-order valence-electron chi connectivity index (χ4n) is 14.3. The molecule has 27 atom stereocenters. The summed E-state index contributed by atoms with van der Waals surface area (Å²) >= 11 is 0. The van der Waals surface area contributed by atoms with E-state index in [2.05, 4.69) is 35.7 Å². The molecule has 0 aromatic heterocycles. The maximum Gasteiger partial charge on any atom is 0.407 e. The molecule has 6 heterocycles. The van der Waals surface area contributed by atoms with Crippen molar-refractivity contribution in [3.05, 3.63) is 38.0 Å². The number of hydrogen-bond donors (Lipinski definition) is 3. The van der Waals surface area contributed by atoms with Gasteiger partial charge in [0.1, 0.15) is 133 Å². The number of methoxy groups -OCH3 is 3. The zero-order valence-electron chi connectivity index (χ0n) is 82.1. The predicted octanol–water partition coefficient (Wildman–Crippen LogP) is -2.23. The van der Waals surface area contributed by atoms with Crippen LogP contribution in [0.1, 0.15) is 104 Å². The second kappa shape index (κ2) is 63.2. The van der Waals surface area contributed by atoms with Crippen LogP contribution in [0, 0.1) is 0 Å². The van der Waals surface area contributed by atoms with Crippen molar-refractivity contribution >= 4 is 126 Å². The molecule has 0 radical (unpaired) electrons. The SMILES string of the molecule is C=CC(=O)OCCNC(=O)OCC1OC(OC2C(COC(C)=O)OCC(OC(C)=O)C2OC(C)=O)C(OC(C)=O)C(OC(C)=O)C1OC.C=CC(=O)OCCNC(=O)OCC1OC(OC2C(COC(C)=O)OCC(OC(C)=O)C2OC(C)=O)C(OC(C)=O)C(OC(C)=O)C1OC.C=CC(=O)OCCNC(=O)OCC1OC(OC2C(COC(C)=O)OCC(OC(C)=O)C2OC(C)=O)C(OC(C)=O)C(OC(C)=O)C1OC. The Morgan fingerprint density at radius 1 is 0.236 bits per heavy atom. The van der Waals surface area contributed by atoms with Crippen molar-refractivity contribution in [1.82, 2.24) is 16.0 Å². The van der Waals surface area contributed by atoms with E-state index in [4.69, 9.17) is 156 Å². The molecule has 27 unspecified atom stereocenters. The molecule has 57 heteroatoms. The third-order valence-electron chi connectivity index (χ3n) is 19.6. The van der Waals surface area contributed by atoms with Crippen LogP contribution in [0.5, 0.6) is 0 Å². The molecule has 144 heavy (non-hydrogen) atoms. The van der Waals surface area contributed by atoms with Gasteiger partial charge in [0.15, 0.2) is 92.1 Å². The Morgan fingerprint density at radius 3 is 0.618 bits per heavy atom. The Kier molecular flexibility index (Phi) is 54.1. The topological polar surface area (TPSA) is 699 Å². The molecule has 6 aliphatic rings. The molecule has 0 aliphatic carbocycles. The van der Waals surface area contributed by atoms with Crippen LogP contribution in [0.2, 0.25) is 0 Å². The van der Waals surface area contributed by atoms with Gasteiger partial charge in [0.2, 0.25) is 0 Å². The van der Waals surface area contributed by atoms with E-state index in [1.807, 2.05) is 0 Å². The first-order valence-corrected chi connectivity index (χ1v) is 43.9.